The molecule has 1 aromatic heterocycles. The predicted molar refractivity (Wildman–Crippen MR) is 44.0 cm³/mol. The zero-order chi connectivity index (χ0) is 7.84. The molecule has 0 aromatic carbocycles. The van der Waals surface area contributed by atoms with E-state index in [2.05, 4.69) is 11.9 Å². The number of hydrogen-bond acceptors (Lipinski definition) is 3. The second kappa shape index (κ2) is 2.41. The summed E-state index contributed by atoms with van der Waals surface area (Å²) in [6.45, 7) is 2.21. The number of carbonyl (C=O) groups excluding carboxylic acids is 1. The predicted octanol–water partition coefficient (Wildman–Crippen LogP) is 2.08. The van der Waals surface area contributed by atoms with Gasteiger partial charge in [-0.1, -0.05) is 6.92 Å². The molecular formula is C8H9NOS. The molecule has 2 atom stereocenters. The topological polar surface area (TPSA) is 30.0 Å². The molecule has 11 heavy (non-hydrogen) atoms. The molecule has 0 N–H and O–H groups in total. The summed E-state index contributed by atoms with van der Waals surface area (Å²) in [5.74, 6) is 1.43. The van der Waals surface area contributed by atoms with Crippen LogP contribution in [0.25, 0.3) is 0 Å². The van der Waals surface area contributed by atoms with E-state index < -0.39 is 0 Å². The number of carbonyl (C=O) groups is 1. The molecule has 1 saturated carbocycles. The molecule has 58 valence electrons. The molecule has 3 heteroatoms. The molecular weight excluding hydrogens is 158 g/mol. The van der Waals surface area contributed by atoms with E-state index in [4.69, 9.17) is 0 Å². The normalized spacial score (nSPS) is 28.5. The van der Waals surface area contributed by atoms with Crippen molar-refractivity contribution in [3.63, 3.8) is 0 Å². The van der Waals surface area contributed by atoms with E-state index >= 15 is 0 Å². The molecule has 0 spiro atoms. The summed E-state index contributed by atoms with van der Waals surface area (Å²) in [5, 5.41) is 1.14. The van der Waals surface area contributed by atoms with Crippen molar-refractivity contribution in [2.75, 3.05) is 0 Å². The summed E-state index contributed by atoms with van der Waals surface area (Å²) < 4.78 is 0. The van der Waals surface area contributed by atoms with Crippen molar-refractivity contribution in [1.29, 1.82) is 0 Å². The Bertz CT molecular complexity index is 281. The lowest BCUT2D eigenvalue weighted by Gasteiger charge is -1.85. The maximum Gasteiger partial charge on any atom is 0.161 e. The Kier molecular flexibility index (Phi) is 1.53. The zero-order valence-corrected chi connectivity index (χ0v) is 7.10. The minimum Gasteiger partial charge on any atom is -0.297 e. The van der Waals surface area contributed by atoms with Gasteiger partial charge in [0.2, 0.25) is 0 Å². The largest absolute Gasteiger partial charge is 0.297 e. The van der Waals surface area contributed by atoms with Gasteiger partial charge in [-0.05, 0) is 12.3 Å². The van der Waals surface area contributed by atoms with Crippen molar-refractivity contribution >= 4 is 17.6 Å². The summed E-state index contributed by atoms with van der Waals surface area (Å²) in [6, 6.07) is 0. The van der Waals surface area contributed by atoms with E-state index in [1.165, 1.54) is 17.8 Å². The number of thiazole rings is 1. The third-order valence-corrected chi connectivity index (χ3v) is 3.14. The minimum atomic E-state index is 0.647. The second-order valence-electron chi connectivity index (χ2n) is 3.04. The molecule has 0 radical (unpaired) electrons. The first-order valence-corrected chi connectivity index (χ1v) is 4.54. The fraction of sp³-hybridized carbons (Fsp3) is 0.500. The molecule has 2 rings (SSSR count). The van der Waals surface area contributed by atoms with Gasteiger partial charge in [0.25, 0.3) is 0 Å². The van der Waals surface area contributed by atoms with Crippen LogP contribution in [0, 0.1) is 5.92 Å². The van der Waals surface area contributed by atoms with Crippen molar-refractivity contribution in [1.82, 2.24) is 4.98 Å². The molecule has 1 aliphatic rings. The second-order valence-corrected chi connectivity index (χ2v) is 4.13. The van der Waals surface area contributed by atoms with Crippen LogP contribution in [0.15, 0.2) is 6.20 Å². The van der Waals surface area contributed by atoms with Crippen LogP contribution in [-0.4, -0.2) is 11.3 Å². The maximum atomic E-state index is 10.3. The molecule has 1 aromatic rings. The minimum absolute atomic E-state index is 0.647. The highest BCUT2D eigenvalue weighted by atomic mass is 32.1. The van der Waals surface area contributed by atoms with Gasteiger partial charge in [0, 0.05) is 12.1 Å². The first-order valence-electron chi connectivity index (χ1n) is 3.72. The van der Waals surface area contributed by atoms with E-state index in [1.807, 2.05) is 0 Å². The molecule has 0 amide bonds. The Balaban J connectivity index is 2.19. The first kappa shape index (κ1) is 6.98. The maximum absolute atomic E-state index is 10.3. The summed E-state index contributed by atoms with van der Waals surface area (Å²) in [7, 11) is 0. The third-order valence-electron chi connectivity index (χ3n) is 2.08. The standard InChI is InChI=1S/C8H9NOS/c1-5-2-7(5)8-9-3-6(4-10)11-8/h3-5,7H,2H2,1H3/t5-,7-/m1/s1. The van der Waals surface area contributed by atoms with Crippen molar-refractivity contribution in [3.05, 3.63) is 16.1 Å². The fourth-order valence-electron chi connectivity index (χ4n) is 1.19. The number of aromatic nitrogens is 1. The molecule has 1 fully saturated rings. The van der Waals surface area contributed by atoms with Gasteiger partial charge in [-0.3, -0.25) is 4.79 Å². The fourth-order valence-corrected chi connectivity index (χ4v) is 2.17. The van der Waals surface area contributed by atoms with Crippen LogP contribution in [0.4, 0.5) is 0 Å². The van der Waals surface area contributed by atoms with Crippen LogP contribution in [0.1, 0.15) is 33.9 Å². The lowest BCUT2D eigenvalue weighted by atomic mass is 10.4. The molecule has 0 unspecified atom stereocenters. The zero-order valence-electron chi connectivity index (χ0n) is 6.28. The van der Waals surface area contributed by atoms with Gasteiger partial charge in [0.1, 0.15) is 0 Å². The number of aldehydes is 1. The van der Waals surface area contributed by atoms with Gasteiger partial charge in [0.15, 0.2) is 6.29 Å². The van der Waals surface area contributed by atoms with Crippen LogP contribution in [0.5, 0.6) is 0 Å². The average molecular weight is 167 g/mol. The van der Waals surface area contributed by atoms with E-state index in [9.17, 15) is 4.79 Å². The summed E-state index contributed by atoms with van der Waals surface area (Å²) in [4.78, 5) is 15.3. The monoisotopic (exact) mass is 167 g/mol. The molecule has 2 nitrogen and oxygen atoms in total. The SMILES string of the molecule is C[C@@H]1C[C@H]1c1ncc(C=O)s1. The highest BCUT2D eigenvalue weighted by Crippen LogP contribution is 2.47. The quantitative estimate of drug-likeness (QED) is 0.631. The smallest absolute Gasteiger partial charge is 0.161 e. The molecule has 1 aliphatic carbocycles. The lowest BCUT2D eigenvalue weighted by Crippen LogP contribution is -1.75. The first-order chi connectivity index (χ1) is 5.31. The molecule has 0 bridgehead atoms. The van der Waals surface area contributed by atoms with Crippen molar-refractivity contribution in [2.45, 2.75) is 19.3 Å². The third kappa shape index (κ3) is 1.20. The van der Waals surface area contributed by atoms with Gasteiger partial charge in [0.05, 0.1) is 9.88 Å². The van der Waals surface area contributed by atoms with Crippen molar-refractivity contribution < 1.29 is 4.79 Å². The van der Waals surface area contributed by atoms with E-state index in [-0.39, 0.29) is 0 Å². The Labute approximate surface area is 69.3 Å². The summed E-state index contributed by atoms with van der Waals surface area (Å²) >= 11 is 1.53. The summed E-state index contributed by atoms with van der Waals surface area (Å²) in [6.07, 6.45) is 3.78. The van der Waals surface area contributed by atoms with E-state index in [0.29, 0.717) is 5.92 Å². The molecule has 0 aliphatic heterocycles. The van der Waals surface area contributed by atoms with Crippen LogP contribution in [-0.2, 0) is 0 Å². The van der Waals surface area contributed by atoms with Gasteiger partial charge in [-0.25, -0.2) is 4.98 Å². The summed E-state index contributed by atoms with van der Waals surface area (Å²) in [5.41, 5.74) is 0. The van der Waals surface area contributed by atoms with Crippen LogP contribution < -0.4 is 0 Å². The Hall–Kier alpha value is -0.700. The average Bonchev–Trinajstić information content (AvgIpc) is 2.59. The molecule has 1 heterocycles. The van der Waals surface area contributed by atoms with Gasteiger partial charge in [-0.2, -0.15) is 0 Å². The molecule has 0 saturated heterocycles. The van der Waals surface area contributed by atoms with Gasteiger partial charge >= 0.3 is 0 Å². The van der Waals surface area contributed by atoms with Crippen LogP contribution >= 0.6 is 11.3 Å². The van der Waals surface area contributed by atoms with Gasteiger partial charge < -0.3 is 0 Å². The highest BCUT2D eigenvalue weighted by molar-refractivity contribution is 7.13. The Morgan fingerprint density at radius 3 is 3.00 bits per heavy atom. The lowest BCUT2D eigenvalue weighted by molar-refractivity contribution is 0.112. The number of rotatable bonds is 2. The number of hydrogen-bond donors (Lipinski definition) is 0. The van der Waals surface area contributed by atoms with E-state index in [0.717, 1.165) is 22.1 Å². The Morgan fingerprint density at radius 1 is 1.82 bits per heavy atom. The van der Waals surface area contributed by atoms with Crippen LogP contribution in [0.2, 0.25) is 0 Å². The van der Waals surface area contributed by atoms with Crippen molar-refractivity contribution in [2.24, 2.45) is 5.92 Å². The highest BCUT2D eigenvalue weighted by Gasteiger charge is 2.36. The Morgan fingerprint density at radius 2 is 2.55 bits per heavy atom. The van der Waals surface area contributed by atoms with E-state index in [1.54, 1.807) is 6.20 Å². The number of nitrogens with zero attached hydrogens (tertiary/aromatic N) is 1. The van der Waals surface area contributed by atoms with Crippen LogP contribution in [0.3, 0.4) is 0 Å². The van der Waals surface area contributed by atoms with Gasteiger partial charge in [-0.15, -0.1) is 11.3 Å². The van der Waals surface area contributed by atoms with Crippen molar-refractivity contribution in [3.8, 4) is 0 Å².